The Hall–Kier alpha value is -1.98. The Morgan fingerprint density at radius 3 is 2.74 bits per heavy atom. The van der Waals surface area contributed by atoms with Crippen LogP contribution in [-0.2, 0) is 6.54 Å². The van der Waals surface area contributed by atoms with Crippen LogP contribution in [0, 0.1) is 6.92 Å². The van der Waals surface area contributed by atoms with Crippen LogP contribution >= 0.6 is 11.3 Å². The van der Waals surface area contributed by atoms with Gasteiger partial charge in [0.2, 0.25) is 0 Å². The van der Waals surface area contributed by atoms with E-state index >= 15 is 0 Å². The molecule has 0 amide bonds. The van der Waals surface area contributed by atoms with E-state index in [2.05, 4.69) is 29.4 Å². The molecular weight excluding hydrogens is 256 g/mol. The number of para-hydroxylation sites is 1. The molecule has 0 saturated carbocycles. The minimum atomic E-state index is 0.388. The van der Waals surface area contributed by atoms with Crippen molar-refractivity contribution in [2.75, 3.05) is 0 Å². The van der Waals surface area contributed by atoms with Crippen LogP contribution in [0.3, 0.4) is 0 Å². The van der Waals surface area contributed by atoms with Gasteiger partial charge in [0.15, 0.2) is 0 Å². The van der Waals surface area contributed by atoms with Crippen LogP contribution in [0.2, 0.25) is 0 Å². The quantitative estimate of drug-likeness (QED) is 0.796. The van der Waals surface area contributed by atoms with Gasteiger partial charge in [-0.3, -0.25) is 0 Å². The Morgan fingerprint density at radius 2 is 2.05 bits per heavy atom. The molecule has 0 radical (unpaired) electrons. The van der Waals surface area contributed by atoms with Gasteiger partial charge >= 0.3 is 0 Å². The minimum Gasteiger partial charge on any atom is -0.325 e. The van der Waals surface area contributed by atoms with Crippen molar-refractivity contribution in [2.24, 2.45) is 5.73 Å². The predicted molar refractivity (Wildman–Crippen MR) is 77.3 cm³/mol. The Labute approximate surface area is 115 Å². The fourth-order valence-electron chi connectivity index (χ4n) is 2.08. The summed E-state index contributed by atoms with van der Waals surface area (Å²) in [7, 11) is 0. The second-order valence-corrected chi connectivity index (χ2v) is 5.21. The van der Waals surface area contributed by atoms with Crippen LogP contribution in [0.15, 0.2) is 41.8 Å². The fourth-order valence-corrected chi connectivity index (χ4v) is 2.86. The highest BCUT2D eigenvalue weighted by molar-refractivity contribution is 7.13. The number of aryl methyl sites for hydroxylation is 1. The zero-order valence-electron chi connectivity index (χ0n) is 10.6. The molecule has 0 bridgehead atoms. The van der Waals surface area contributed by atoms with E-state index in [-0.39, 0.29) is 0 Å². The standard InChI is InChI=1S/C14H14N4S/c1-10-5-2-3-6-12(10)18-14(11(9-15)16-17-18)13-7-4-8-19-13/h2-8H,9,15H2,1H3. The van der Waals surface area contributed by atoms with Crippen molar-refractivity contribution in [1.29, 1.82) is 0 Å². The number of nitrogens with zero attached hydrogens (tertiary/aromatic N) is 3. The van der Waals surface area contributed by atoms with Crippen molar-refractivity contribution in [3.05, 3.63) is 53.0 Å². The third-order valence-corrected chi connectivity index (χ3v) is 3.91. The lowest BCUT2D eigenvalue weighted by Gasteiger charge is -2.08. The molecule has 2 heterocycles. The lowest BCUT2D eigenvalue weighted by Crippen LogP contribution is -2.03. The number of rotatable bonds is 3. The maximum Gasteiger partial charge on any atom is 0.109 e. The molecule has 2 aromatic heterocycles. The molecule has 5 heteroatoms. The summed E-state index contributed by atoms with van der Waals surface area (Å²) < 4.78 is 1.88. The second kappa shape index (κ2) is 4.95. The Kier molecular flexibility index (Phi) is 3.15. The normalized spacial score (nSPS) is 10.8. The van der Waals surface area contributed by atoms with E-state index in [1.165, 1.54) is 0 Å². The topological polar surface area (TPSA) is 56.7 Å². The molecule has 2 N–H and O–H groups in total. The molecule has 96 valence electrons. The largest absolute Gasteiger partial charge is 0.325 e. The van der Waals surface area contributed by atoms with Crippen LogP contribution in [-0.4, -0.2) is 15.0 Å². The van der Waals surface area contributed by atoms with Crippen LogP contribution < -0.4 is 5.73 Å². The molecule has 0 fully saturated rings. The molecule has 0 aliphatic carbocycles. The summed E-state index contributed by atoms with van der Waals surface area (Å²) in [5.41, 5.74) is 9.79. The lowest BCUT2D eigenvalue weighted by molar-refractivity contribution is 0.796. The molecule has 0 unspecified atom stereocenters. The highest BCUT2D eigenvalue weighted by Crippen LogP contribution is 2.29. The molecule has 0 atom stereocenters. The molecule has 0 aliphatic rings. The Bertz CT molecular complexity index is 685. The van der Waals surface area contributed by atoms with Gasteiger partial charge in [-0.15, -0.1) is 16.4 Å². The number of nitrogens with two attached hydrogens (primary N) is 1. The molecule has 0 spiro atoms. The predicted octanol–water partition coefficient (Wildman–Crippen LogP) is 2.76. The van der Waals surface area contributed by atoms with E-state index in [4.69, 9.17) is 5.73 Å². The van der Waals surface area contributed by atoms with Gasteiger partial charge in [0.1, 0.15) is 11.4 Å². The van der Waals surface area contributed by atoms with E-state index in [1.54, 1.807) is 11.3 Å². The van der Waals surface area contributed by atoms with Crippen molar-refractivity contribution in [3.63, 3.8) is 0 Å². The SMILES string of the molecule is Cc1ccccc1-n1nnc(CN)c1-c1cccs1. The van der Waals surface area contributed by atoms with Gasteiger partial charge in [0.25, 0.3) is 0 Å². The summed E-state index contributed by atoms with van der Waals surface area (Å²) in [6, 6.07) is 12.2. The Morgan fingerprint density at radius 1 is 1.21 bits per heavy atom. The number of aromatic nitrogens is 3. The first kappa shape index (κ1) is 12.1. The average Bonchev–Trinajstić information content (AvgIpc) is 3.07. The van der Waals surface area contributed by atoms with Crippen LogP contribution in [0.5, 0.6) is 0 Å². The van der Waals surface area contributed by atoms with E-state index in [9.17, 15) is 0 Å². The van der Waals surface area contributed by atoms with E-state index in [1.807, 2.05) is 34.3 Å². The molecule has 19 heavy (non-hydrogen) atoms. The number of thiophene rings is 1. The molecule has 4 nitrogen and oxygen atoms in total. The summed E-state index contributed by atoms with van der Waals surface area (Å²) in [6.07, 6.45) is 0. The summed E-state index contributed by atoms with van der Waals surface area (Å²) in [5, 5.41) is 10.5. The van der Waals surface area contributed by atoms with Gasteiger partial charge < -0.3 is 5.73 Å². The van der Waals surface area contributed by atoms with Gasteiger partial charge in [-0.25, -0.2) is 4.68 Å². The lowest BCUT2D eigenvalue weighted by atomic mass is 10.2. The van der Waals surface area contributed by atoms with E-state index < -0.39 is 0 Å². The summed E-state index contributed by atoms with van der Waals surface area (Å²) in [6.45, 7) is 2.45. The number of benzene rings is 1. The maximum atomic E-state index is 5.77. The first-order chi connectivity index (χ1) is 9.31. The summed E-state index contributed by atoms with van der Waals surface area (Å²) in [5.74, 6) is 0. The van der Waals surface area contributed by atoms with Gasteiger partial charge in [-0.1, -0.05) is 29.5 Å². The molecule has 3 rings (SSSR count). The smallest absolute Gasteiger partial charge is 0.109 e. The van der Waals surface area contributed by atoms with Crippen LogP contribution in [0.4, 0.5) is 0 Å². The Balaban J connectivity index is 2.23. The molecular formula is C14H14N4S. The van der Waals surface area contributed by atoms with Crippen LogP contribution in [0.1, 0.15) is 11.3 Å². The van der Waals surface area contributed by atoms with E-state index in [0.29, 0.717) is 6.54 Å². The number of hydrogen-bond acceptors (Lipinski definition) is 4. The highest BCUT2D eigenvalue weighted by Gasteiger charge is 2.16. The van der Waals surface area contributed by atoms with Crippen molar-refractivity contribution in [1.82, 2.24) is 15.0 Å². The molecule has 1 aromatic carbocycles. The highest BCUT2D eigenvalue weighted by atomic mass is 32.1. The first-order valence-electron chi connectivity index (χ1n) is 6.06. The van der Waals surface area contributed by atoms with Gasteiger partial charge in [0.05, 0.1) is 10.6 Å². The van der Waals surface area contributed by atoms with Gasteiger partial charge in [-0.05, 0) is 30.0 Å². The zero-order chi connectivity index (χ0) is 13.2. The van der Waals surface area contributed by atoms with Crippen molar-refractivity contribution >= 4 is 11.3 Å². The van der Waals surface area contributed by atoms with Crippen molar-refractivity contribution in [2.45, 2.75) is 13.5 Å². The third-order valence-electron chi connectivity index (χ3n) is 3.03. The molecule has 0 saturated heterocycles. The molecule has 0 aliphatic heterocycles. The fraction of sp³-hybridized carbons (Fsp3) is 0.143. The van der Waals surface area contributed by atoms with Crippen molar-refractivity contribution in [3.8, 4) is 16.3 Å². The third kappa shape index (κ3) is 2.07. The number of hydrogen-bond donors (Lipinski definition) is 1. The maximum absolute atomic E-state index is 5.77. The monoisotopic (exact) mass is 270 g/mol. The van der Waals surface area contributed by atoms with E-state index in [0.717, 1.165) is 27.5 Å². The van der Waals surface area contributed by atoms with Crippen molar-refractivity contribution < 1.29 is 0 Å². The zero-order valence-corrected chi connectivity index (χ0v) is 11.4. The second-order valence-electron chi connectivity index (χ2n) is 4.26. The van der Waals surface area contributed by atoms with Crippen LogP contribution in [0.25, 0.3) is 16.3 Å². The first-order valence-corrected chi connectivity index (χ1v) is 6.93. The van der Waals surface area contributed by atoms with Gasteiger partial charge in [0, 0.05) is 6.54 Å². The molecule has 3 aromatic rings. The average molecular weight is 270 g/mol. The van der Waals surface area contributed by atoms with Gasteiger partial charge in [-0.2, -0.15) is 0 Å². The minimum absolute atomic E-state index is 0.388. The summed E-state index contributed by atoms with van der Waals surface area (Å²) in [4.78, 5) is 1.13. The summed E-state index contributed by atoms with van der Waals surface area (Å²) >= 11 is 1.67.